The van der Waals surface area contributed by atoms with Crippen molar-refractivity contribution in [1.29, 1.82) is 5.41 Å². The Morgan fingerprint density at radius 3 is 2.70 bits per heavy atom. The first-order valence-electron chi connectivity index (χ1n) is 5.44. The van der Waals surface area contributed by atoms with Crippen LogP contribution in [0.3, 0.4) is 0 Å². The predicted octanol–water partition coefficient (Wildman–Crippen LogP) is 1.32. The van der Waals surface area contributed by atoms with Crippen LogP contribution in [0.15, 0.2) is 33.8 Å². The van der Waals surface area contributed by atoms with Crippen LogP contribution in [0.5, 0.6) is 0 Å². The molecule has 7 nitrogen and oxygen atoms in total. The second-order valence-corrected chi connectivity index (χ2v) is 4.62. The van der Waals surface area contributed by atoms with Crippen LogP contribution >= 0.6 is 11.8 Å². The molecule has 0 aliphatic heterocycles. The Labute approximate surface area is 117 Å². The van der Waals surface area contributed by atoms with Gasteiger partial charge in [-0.25, -0.2) is 4.39 Å². The molecule has 0 radical (unpaired) electrons. The van der Waals surface area contributed by atoms with Crippen LogP contribution in [0.25, 0.3) is 11.5 Å². The van der Waals surface area contributed by atoms with E-state index in [0.717, 1.165) is 11.8 Å². The van der Waals surface area contributed by atoms with E-state index >= 15 is 0 Å². The molecule has 1 aromatic heterocycles. The number of nitrogens with two attached hydrogens (primary N) is 2. The van der Waals surface area contributed by atoms with E-state index in [9.17, 15) is 4.39 Å². The van der Waals surface area contributed by atoms with Gasteiger partial charge in [0.2, 0.25) is 0 Å². The molecule has 2 rings (SSSR count). The summed E-state index contributed by atoms with van der Waals surface area (Å²) in [6.07, 6.45) is 0. The van der Waals surface area contributed by atoms with Crippen molar-refractivity contribution in [3.63, 3.8) is 0 Å². The molecule has 0 aliphatic carbocycles. The molecule has 0 bridgehead atoms. The van der Waals surface area contributed by atoms with Crippen molar-refractivity contribution in [2.24, 2.45) is 16.5 Å². The lowest BCUT2D eigenvalue weighted by molar-refractivity contribution is 0.425. The van der Waals surface area contributed by atoms with Gasteiger partial charge in [0.1, 0.15) is 5.82 Å². The average Bonchev–Trinajstić information content (AvgIpc) is 2.85. The zero-order chi connectivity index (χ0) is 14.5. The molecule has 0 unspecified atom stereocenters. The van der Waals surface area contributed by atoms with E-state index in [4.69, 9.17) is 21.4 Å². The van der Waals surface area contributed by atoms with Gasteiger partial charge in [-0.3, -0.25) is 5.41 Å². The molecule has 20 heavy (non-hydrogen) atoms. The van der Waals surface area contributed by atoms with Crippen LogP contribution in [-0.2, 0) is 5.75 Å². The van der Waals surface area contributed by atoms with Crippen molar-refractivity contribution in [2.75, 3.05) is 0 Å². The minimum Gasteiger partial charge on any atom is -0.370 e. The Bertz CT molecular complexity index is 635. The molecular weight excluding hydrogens is 283 g/mol. The molecule has 0 atom stereocenters. The Morgan fingerprint density at radius 2 is 2.05 bits per heavy atom. The predicted molar refractivity (Wildman–Crippen MR) is 74.5 cm³/mol. The van der Waals surface area contributed by atoms with Gasteiger partial charge in [-0.2, -0.15) is 9.98 Å². The summed E-state index contributed by atoms with van der Waals surface area (Å²) in [6, 6.07) is 5.70. The summed E-state index contributed by atoms with van der Waals surface area (Å²) in [4.78, 5) is 7.69. The first-order valence-corrected chi connectivity index (χ1v) is 6.42. The van der Waals surface area contributed by atoms with E-state index in [0.29, 0.717) is 17.1 Å². The van der Waals surface area contributed by atoms with Crippen LogP contribution in [0.1, 0.15) is 5.82 Å². The molecular formula is C11H11FN6OS. The smallest absolute Gasteiger partial charge is 0.257 e. The van der Waals surface area contributed by atoms with E-state index in [2.05, 4.69) is 15.1 Å². The summed E-state index contributed by atoms with van der Waals surface area (Å²) in [5, 5.41) is 11.2. The van der Waals surface area contributed by atoms with Crippen LogP contribution in [0.2, 0.25) is 0 Å². The molecule has 104 valence electrons. The molecule has 2 aromatic rings. The molecule has 5 N–H and O–H groups in total. The Hall–Kier alpha value is -2.42. The van der Waals surface area contributed by atoms with E-state index in [1.165, 1.54) is 12.1 Å². The fraction of sp³-hybridized carbons (Fsp3) is 0.0909. The third-order valence-corrected chi connectivity index (χ3v) is 2.90. The molecule has 0 spiro atoms. The lowest BCUT2D eigenvalue weighted by Crippen LogP contribution is -2.23. The SMILES string of the molecule is N=C(N=C(N)N)SCc1noc(-c2ccc(F)cc2)n1. The van der Waals surface area contributed by atoms with Crippen molar-refractivity contribution >= 4 is 22.9 Å². The highest BCUT2D eigenvalue weighted by Crippen LogP contribution is 2.19. The highest BCUT2D eigenvalue weighted by molar-refractivity contribution is 8.13. The highest BCUT2D eigenvalue weighted by atomic mass is 32.2. The van der Waals surface area contributed by atoms with Crippen molar-refractivity contribution in [3.8, 4) is 11.5 Å². The molecule has 0 saturated carbocycles. The van der Waals surface area contributed by atoms with E-state index in [1.807, 2.05) is 0 Å². The average molecular weight is 294 g/mol. The van der Waals surface area contributed by atoms with Gasteiger partial charge in [0.05, 0.1) is 5.75 Å². The number of hydrogen-bond donors (Lipinski definition) is 3. The normalized spacial score (nSPS) is 10.2. The topological polar surface area (TPSA) is 127 Å². The molecule has 0 aliphatic rings. The van der Waals surface area contributed by atoms with Gasteiger partial charge in [0, 0.05) is 5.56 Å². The first kappa shape index (κ1) is 14.0. The van der Waals surface area contributed by atoms with Crippen molar-refractivity contribution in [1.82, 2.24) is 10.1 Å². The van der Waals surface area contributed by atoms with E-state index in [1.54, 1.807) is 12.1 Å². The zero-order valence-corrected chi connectivity index (χ0v) is 11.0. The van der Waals surface area contributed by atoms with Crippen molar-refractivity contribution in [3.05, 3.63) is 35.9 Å². The number of thioether (sulfide) groups is 1. The maximum Gasteiger partial charge on any atom is 0.257 e. The number of halogens is 1. The van der Waals surface area contributed by atoms with Gasteiger partial charge in [-0.05, 0) is 24.3 Å². The maximum atomic E-state index is 12.8. The summed E-state index contributed by atoms with van der Waals surface area (Å²) >= 11 is 1.06. The largest absolute Gasteiger partial charge is 0.370 e. The number of guanidine groups is 1. The molecule has 0 saturated heterocycles. The van der Waals surface area contributed by atoms with Crippen LogP contribution < -0.4 is 11.5 Å². The Balaban J connectivity index is 2.01. The lowest BCUT2D eigenvalue weighted by atomic mass is 10.2. The number of nitrogens with zero attached hydrogens (tertiary/aromatic N) is 3. The number of benzene rings is 1. The molecule has 1 aromatic carbocycles. The maximum absolute atomic E-state index is 12.8. The van der Waals surface area contributed by atoms with Crippen LogP contribution in [0, 0.1) is 11.2 Å². The summed E-state index contributed by atoms with van der Waals surface area (Å²) in [5.41, 5.74) is 10.9. The van der Waals surface area contributed by atoms with Crippen LogP contribution in [0.4, 0.5) is 4.39 Å². The number of rotatable bonds is 3. The third-order valence-electron chi connectivity index (χ3n) is 2.13. The van der Waals surface area contributed by atoms with Gasteiger partial charge in [0.25, 0.3) is 5.89 Å². The van der Waals surface area contributed by atoms with Gasteiger partial charge in [0.15, 0.2) is 17.0 Å². The minimum atomic E-state index is -0.338. The minimum absolute atomic E-state index is 0.0434. The molecule has 0 fully saturated rings. The molecule has 9 heteroatoms. The molecule has 1 heterocycles. The molecule has 0 amide bonds. The second kappa shape index (κ2) is 6.15. The van der Waals surface area contributed by atoms with Gasteiger partial charge >= 0.3 is 0 Å². The van der Waals surface area contributed by atoms with Gasteiger partial charge in [-0.1, -0.05) is 16.9 Å². The van der Waals surface area contributed by atoms with Crippen molar-refractivity contribution in [2.45, 2.75) is 5.75 Å². The van der Waals surface area contributed by atoms with Crippen molar-refractivity contribution < 1.29 is 8.91 Å². The van der Waals surface area contributed by atoms with E-state index < -0.39 is 0 Å². The Kier molecular flexibility index (Phi) is 4.31. The standard InChI is InChI=1S/C11H11FN6OS/c12-7-3-1-6(2-4-7)9-16-8(18-19-9)5-20-11(15)17-10(13)14/h1-4H,5H2,(H5,13,14,15,17). The summed E-state index contributed by atoms with van der Waals surface area (Å²) in [7, 11) is 0. The number of amidine groups is 1. The highest BCUT2D eigenvalue weighted by Gasteiger charge is 2.09. The second-order valence-electron chi connectivity index (χ2n) is 3.65. The van der Waals surface area contributed by atoms with Gasteiger partial charge < -0.3 is 16.0 Å². The number of aromatic nitrogens is 2. The quantitative estimate of drug-likeness (QED) is 0.578. The zero-order valence-electron chi connectivity index (χ0n) is 10.2. The monoisotopic (exact) mass is 294 g/mol. The number of hydrogen-bond acceptors (Lipinski definition) is 5. The Morgan fingerprint density at radius 1 is 1.35 bits per heavy atom. The summed E-state index contributed by atoms with van der Waals surface area (Å²) < 4.78 is 17.8. The number of nitrogens with one attached hydrogen (secondary N) is 1. The fourth-order valence-electron chi connectivity index (χ4n) is 1.30. The van der Waals surface area contributed by atoms with E-state index in [-0.39, 0.29) is 22.8 Å². The number of aliphatic imine (C=N–C) groups is 1. The lowest BCUT2D eigenvalue weighted by Gasteiger charge is -1.95. The van der Waals surface area contributed by atoms with Gasteiger partial charge in [-0.15, -0.1) is 0 Å². The fourth-order valence-corrected chi connectivity index (χ4v) is 1.86. The summed E-state index contributed by atoms with van der Waals surface area (Å²) in [6.45, 7) is 0. The third kappa shape index (κ3) is 3.79. The first-order chi connectivity index (χ1) is 9.54. The summed E-state index contributed by atoms with van der Waals surface area (Å²) in [5.74, 6) is 0.455. The van der Waals surface area contributed by atoms with Crippen LogP contribution in [-0.4, -0.2) is 21.3 Å².